The molecule has 0 fully saturated rings. The van der Waals surface area contributed by atoms with Gasteiger partial charge in [-0.05, 0) is 94.8 Å². The molecule has 0 spiro atoms. The molecule has 0 atom stereocenters. The smallest absolute Gasteiger partial charge is 0.166 e. The molecule has 0 unspecified atom stereocenters. The monoisotopic (exact) mass is 1250 g/mol. The molecule has 0 radical (unpaired) electrons. The molecule has 9 nitrogen and oxygen atoms in total. The van der Waals surface area contributed by atoms with Crippen molar-refractivity contribution in [2.45, 2.75) is 5.41 Å². The number of rotatable bonds is 10. The molecular weight excluding hydrogens is 1150 g/mol. The van der Waals surface area contributed by atoms with Crippen LogP contribution in [0.5, 0.6) is 0 Å². The zero-order chi connectivity index (χ0) is 108. The van der Waals surface area contributed by atoms with Gasteiger partial charge in [0, 0.05) is 65.7 Å². The maximum absolute atomic E-state index is 11.3. The largest absolute Gasteiger partial charge is 0.309 e. The lowest BCUT2D eigenvalue weighted by molar-refractivity contribution is 0.728. The van der Waals surface area contributed by atoms with Crippen LogP contribution in [0.3, 0.4) is 0 Å². The average molecular weight is 1250 g/mol. The SMILES string of the molecule is [2H]c1c([2H])c([2H])c(-c2nc(-c3c([2H])c([2H])c([2H])c(C4(c5c([2H])c([2H])c([2H])c(-c6nc(-c7c([2H])c([2H])c([2H])c([2H])c7[2H])nc(-c7c([2H])c([2H])c([2H])c([2H])c7-n7c8c([2H])c([2H])c([2H])c([2H])c8c8c([2H])c([2H])c([2H])c([2H])c87)n6)c5[2H])c5c([2H])c([2H])c([2H])c([2H])c5-n5c6c([2H])c([2H])c([2H])c([2H])c6c6c([2H])c([2H])c([2H])c4c65)c3[2H])nc(-c3c([2H])c([2H])c([2H])c([2H])c3-n3c4c([2H])c([2H])c([2H])c([2H])c4c4c([2H])c([2H])c([2H])c([2H])c43)n2)c([2H])c1[2H]. The van der Waals surface area contributed by atoms with Crippen LogP contribution in [0.25, 0.3) is 151 Å². The highest BCUT2D eigenvalue weighted by Crippen LogP contribution is 2.55. The first kappa shape index (κ1) is 22.6. The number of benzene rings is 13. The molecule has 18 aromatic rings. The summed E-state index contributed by atoms with van der Waals surface area (Å²) in [5.74, 6) is -8.29. The zero-order valence-electron chi connectivity index (χ0n) is 99.5. The van der Waals surface area contributed by atoms with Crippen molar-refractivity contribution in [3.8, 4) is 85.4 Å². The maximum atomic E-state index is 11.3. The van der Waals surface area contributed by atoms with Crippen LogP contribution in [0.1, 0.15) is 94.9 Å². The van der Waals surface area contributed by atoms with Crippen molar-refractivity contribution in [3.05, 3.63) is 343 Å². The summed E-state index contributed by atoms with van der Waals surface area (Å²) in [4.78, 5) is 27.1. The molecule has 94 heavy (non-hydrogen) atoms. The Morgan fingerprint density at radius 2 is 0.543 bits per heavy atom. The van der Waals surface area contributed by atoms with Crippen LogP contribution in [-0.4, -0.2) is 43.6 Å². The summed E-state index contributed by atoms with van der Waals surface area (Å²) in [5.41, 5.74) is -26.9. The Kier molecular flexibility index (Phi) is 5.09. The minimum atomic E-state index is -4.17. The minimum Gasteiger partial charge on any atom is -0.309 e. The third-order valence-corrected chi connectivity index (χ3v) is 15.3. The normalized spacial score (nSPS) is 20.4. The molecule has 0 N–H and O–H groups in total. The summed E-state index contributed by atoms with van der Waals surface area (Å²) in [7, 11) is 0. The van der Waals surface area contributed by atoms with Gasteiger partial charge >= 0.3 is 0 Å². The van der Waals surface area contributed by atoms with E-state index in [1.807, 2.05) is 0 Å². The van der Waals surface area contributed by atoms with E-state index in [-0.39, 0.29) is 0 Å². The second-order valence-electron chi connectivity index (χ2n) is 20.1. The van der Waals surface area contributed by atoms with Gasteiger partial charge in [0.15, 0.2) is 34.9 Å². The summed E-state index contributed by atoms with van der Waals surface area (Å²) in [6.45, 7) is 0. The van der Waals surface area contributed by atoms with Crippen molar-refractivity contribution in [1.82, 2.24) is 43.6 Å². The van der Waals surface area contributed by atoms with Crippen LogP contribution in [0.2, 0.25) is 0 Å². The van der Waals surface area contributed by atoms with Crippen molar-refractivity contribution < 1.29 is 72.7 Å². The molecule has 5 aromatic heterocycles. The van der Waals surface area contributed by atoms with E-state index >= 15 is 0 Å². The van der Waals surface area contributed by atoms with Crippen molar-refractivity contribution >= 4 is 65.4 Å². The fraction of sp³-hybridized carbons (Fsp3) is 0.0118. The number of hydrogen-bond donors (Lipinski definition) is 0. The summed E-state index contributed by atoms with van der Waals surface area (Å²) >= 11 is 0. The molecule has 13 aromatic carbocycles. The van der Waals surface area contributed by atoms with Crippen molar-refractivity contribution in [1.29, 1.82) is 0 Å². The van der Waals surface area contributed by atoms with Crippen LogP contribution >= 0.6 is 0 Å². The number of hydrogen-bond acceptors (Lipinski definition) is 6. The molecule has 0 amide bonds. The minimum absolute atomic E-state index is 0.551. The molecule has 438 valence electrons. The second-order valence-corrected chi connectivity index (χ2v) is 20.1. The lowest BCUT2D eigenvalue weighted by Crippen LogP contribution is -2.35. The lowest BCUT2D eigenvalue weighted by atomic mass is 9.62. The van der Waals surface area contributed by atoms with Crippen LogP contribution < -0.4 is 0 Å². The molecule has 1 aliphatic rings. The number of fused-ring (bicyclic) bond motifs is 11. The van der Waals surface area contributed by atoms with Gasteiger partial charge in [-0.15, -0.1) is 0 Å². The molecular formula is C85H53N9. The van der Waals surface area contributed by atoms with Crippen LogP contribution in [0, 0.1) is 0 Å². The molecule has 19 rings (SSSR count). The molecule has 6 heterocycles. The quantitative estimate of drug-likeness (QED) is 0.135. The Labute approximate surface area is 615 Å². The summed E-state index contributed by atoms with van der Waals surface area (Å²) in [5, 5.41) is -4.74. The van der Waals surface area contributed by atoms with Gasteiger partial charge in [-0.3, -0.25) is 0 Å². The highest BCUT2D eigenvalue weighted by atomic mass is 15.1. The van der Waals surface area contributed by atoms with E-state index in [1.54, 1.807) is 0 Å². The highest BCUT2D eigenvalue weighted by molar-refractivity contribution is 6.13. The van der Waals surface area contributed by atoms with E-state index in [2.05, 4.69) is 29.9 Å². The van der Waals surface area contributed by atoms with Gasteiger partial charge in [-0.25, -0.2) is 29.9 Å². The number of nitrogens with zero attached hydrogens (tertiary/aromatic N) is 9. The van der Waals surface area contributed by atoms with Gasteiger partial charge in [0.2, 0.25) is 0 Å². The molecule has 9 heteroatoms. The van der Waals surface area contributed by atoms with E-state index in [4.69, 9.17) is 20.6 Å². The van der Waals surface area contributed by atoms with E-state index in [0.29, 0.717) is 13.7 Å². The Bertz CT molecular complexity index is 8790. The lowest BCUT2D eigenvalue weighted by Gasteiger charge is -2.42. The van der Waals surface area contributed by atoms with E-state index in [1.165, 1.54) is 0 Å². The van der Waals surface area contributed by atoms with Crippen molar-refractivity contribution in [3.63, 3.8) is 0 Å². The van der Waals surface area contributed by atoms with Crippen molar-refractivity contribution in [2.75, 3.05) is 0 Å². The first-order valence-electron chi connectivity index (χ1n) is 53.9. The van der Waals surface area contributed by atoms with Gasteiger partial charge < -0.3 is 13.7 Å². The molecule has 0 saturated heterocycles. The van der Waals surface area contributed by atoms with Gasteiger partial charge in [-0.1, -0.05) is 248 Å². The fourth-order valence-corrected chi connectivity index (χ4v) is 11.6. The first-order chi connectivity index (χ1) is 68.7. The number of para-hydroxylation sites is 9. The summed E-state index contributed by atoms with van der Waals surface area (Å²) in [6, 6.07) is -67.5. The zero-order valence-corrected chi connectivity index (χ0v) is 46.5. The van der Waals surface area contributed by atoms with E-state index in [0.717, 1.165) is 0 Å². The van der Waals surface area contributed by atoms with Crippen LogP contribution in [0.4, 0.5) is 0 Å². The van der Waals surface area contributed by atoms with Crippen LogP contribution in [-0.2, 0) is 5.41 Å². The van der Waals surface area contributed by atoms with Gasteiger partial charge in [0.05, 0.1) is 128 Å². The fourth-order valence-electron chi connectivity index (χ4n) is 11.6. The standard InChI is InChI=1S/C85H53N9/c1-3-26-54(27-4-1)79-86-81(90-83(88-79)66-39-12-20-49-75(66)92-70-44-15-7-34-60(70)61-35-8-16-45-71(61)92)56-30-23-32-58(52-56)85(68-42-14-22-51-77(68)94-74-48-19-11-38-64(74)65-41-25-43-69(85)78(65)94)59-33-24-31-57(53-59)82-87-80(55-28-5-2-6-29-55)89-84(91-82)67-40-13-21-50-76(67)93-72-46-17-9-36-62(72)63-37-10-18-47-73(63)93/h1-53H/i1D,2D,3D,4D,5D,6D,7D,8D,9D,10D,11D,12D,13D,14D,15D,16D,17D,18D,19D,20D,21D,22D,23D,24D,25D,26D,27D,28D,29D,30D,31D,32D,33D,34D,35D,36D,37D,38D,39D,40D,41D,42D,43D,44D,45D,46D,47D,48D,49D,50D,51D,52D,53D. The highest BCUT2D eigenvalue weighted by Gasteiger charge is 2.46. The number of aromatic nitrogens is 9. The second kappa shape index (κ2) is 21.2. The van der Waals surface area contributed by atoms with E-state index in [9.17, 15) is 52.1 Å². The predicted molar refractivity (Wildman–Crippen MR) is 381 cm³/mol. The van der Waals surface area contributed by atoms with Gasteiger partial charge in [-0.2, -0.15) is 0 Å². The van der Waals surface area contributed by atoms with Gasteiger partial charge in [0.1, 0.15) is 0 Å². The van der Waals surface area contributed by atoms with Crippen LogP contribution in [0.15, 0.2) is 320 Å². The Hall–Kier alpha value is -12.7. The maximum Gasteiger partial charge on any atom is 0.166 e. The predicted octanol–water partition coefficient (Wildman–Crippen LogP) is 20.0. The molecule has 0 saturated carbocycles. The average Bonchev–Trinajstić information content (AvgIpc) is 1.56. The van der Waals surface area contributed by atoms with E-state index < -0.39 is 499 Å². The summed E-state index contributed by atoms with van der Waals surface area (Å²) in [6.07, 6.45) is 0. The summed E-state index contributed by atoms with van der Waals surface area (Å²) < 4.78 is 511. The molecule has 0 bridgehead atoms. The third kappa shape index (κ3) is 8.07. The Morgan fingerprint density at radius 3 is 1.00 bits per heavy atom. The van der Waals surface area contributed by atoms with Gasteiger partial charge in [0.25, 0.3) is 0 Å². The Morgan fingerprint density at radius 1 is 0.234 bits per heavy atom. The molecule has 1 aliphatic heterocycles. The molecule has 0 aliphatic carbocycles. The third-order valence-electron chi connectivity index (χ3n) is 15.3. The first-order valence-corrected chi connectivity index (χ1v) is 27.4. The van der Waals surface area contributed by atoms with Crippen molar-refractivity contribution in [2.24, 2.45) is 0 Å². The topological polar surface area (TPSA) is 92.1 Å². The Balaban J connectivity index is 1.05.